The maximum atomic E-state index is 4.32. The first-order valence-corrected chi connectivity index (χ1v) is 15.1. The number of rotatable bonds is 2. The van der Waals surface area contributed by atoms with Crippen LogP contribution in [0.5, 0.6) is 0 Å². The number of hydrogen-bond acceptors (Lipinski definition) is 0. The van der Waals surface area contributed by atoms with E-state index in [1.807, 2.05) is 0 Å². The van der Waals surface area contributed by atoms with Crippen LogP contribution in [-0.2, 0) is 5.41 Å². The monoisotopic (exact) mass is 549 g/mol. The van der Waals surface area contributed by atoms with Crippen LogP contribution in [0.1, 0.15) is 36.2 Å². The number of hydrogen-bond donors (Lipinski definition) is 0. The lowest BCUT2D eigenvalue weighted by Gasteiger charge is -2.22. The third-order valence-electron chi connectivity index (χ3n) is 10.0. The van der Waals surface area contributed by atoms with Gasteiger partial charge in [0.2, 0.25) is 0 Å². The summed E-state index contributed by atoms with van der Waals surface area (Å²) >= 11 is 0. The van der Waals surface area contributed by atoms with Gasteiger partial charge in [-0.05, 0) is 103 Å². The van der Waals surface area contributed by atoms with E-state index in [4.69, 9.17) is 0 Å². The van der Waals surface area contributed by atoms with Crippen molar-refractivity contribution < 1.29 is 0 Å². The third kappa shape index (κ3) is 3.28. The quantitative estimate of drug-likeness (QED) is 0.202. The molecule has 1 aliphatic rings. The second kappa shape index (κ2) is 8.46. The zero-order valence-corrected chi connectivity index (χ0v) is 24.7. The zero-order chi connectivity index (χ0) is 29.0. The van der Waals surface area contributed by atoms with E-state index in [0.29, 0.717) is 0 Å². The minimum Gasteiger partial charge on any atom is -0.308 e. The van der Waals surface area contributed by atoms with Crippen molar-refractivity contribution in [2.24, 2.45) is 0 Å². The molecule has 0 saturated heterocycles. The van der Waals surface area contributed by atoms with Crippen LogP contribution in [0, 0.1) is 6.92 Å². The molecular formula is C42H31N. The molecule has 1 aliphatic carbocycles. The van der Waals surface area contributed by atoms with Crippen LogP contribution in [0.4, 0.5) is 0 Å². The van der Waals surface area contributed by atoms with Crippen molar-refractivity contribution in [3.8, 4) is 22.3 Å². The molecule has 0 bridgehead atoms. The first kappa shape index (κ1) is 24.5. The summed E-state index contributed by atoms with van der Waals surface area (Å²) in [5.41, 5.74) is 13.1. The Hall–Kier alpha value is -5.14. The molecule has 0 unspecified atom stereocenters. The molecule has 0 radical (unpaired) electrons. The van der Waals surface area contributed by atoms with E-state index in [-0.39, 0.29) is 5.41 Å². The lowest BCUT2D eigenvalue weighted by Crippen LogP contribution is -2.22. The highest BCUT2D eigenvalue weighted by Crippen LogP contribution is 2.50. The number of aromatic nitrogens is 1. The van der Waals surface area contributed by atoms with Gasteiger partial charge < -0.3 is 4.40 Å². The van der Waals surface area contributed by atoms with Crippen molar-refractivity contribution in [2.75, 3.05) is 0 Å². The Labute approximate surface area is 251 Å². The molecule has 0 atom stereocenters. The Balaban J connectivity index is 1.37. The predicted octanol–water partition coefficient (Wildman–Crippen LogP) is 9.36. The fourth-order valence-electron chi connectivity index (χ4n) is 7.72. The van der Waals surface area contributed by atoms with E-state index in [1.165, 1.54) is 82.6 Å². The van der Waals surface area contributed by atoms with Gasteiger partial charge in [-0.25, -0.2) is 0 Å². The van der Waals surface area contributed by atoms with E-state index in [2.05, 4.69) is 153 Å². The maximum absolute atomic E-state index is 4.32. The Morgan fingerprint density at radius 1 is 0.628 bits per heavy atom. The molecule has 2 aromatic heterocycles. The van der Waals surface area contributed by atoms with Gasteiger partial charge in [0.15, 0.2) is 0 Å². The van der Waals surface area contributed by atoms with Crippen LogP contribution in [0.15, 0.2) is 115 Å². The van der Waals surface area contributed by atoms with Crippen molar-refractivity contribution in [2.45, 2.75) is 26.2 Å². The second-order valence-electron chi connectivity index (χ2n) is 12.8. The minimum absolute atomic E-state index is 0.0305. The maximum Gasteiger partial charge on any atom is 0.0617 e. The highest BCUT2D eigenvalue weighted by molar-refractivity contribution is 6.20. The highest BCUT2D eigenvalue weighted by Gasteiger charge is 2.35. The van der Waals surface area contributed by atoms with Gasteiger partial charge in [-0.15, -0.1) is 0 Å². The minimum atomic E-state index is -0.0305. The van der Waals surface area contributed by atoms with Gasteiger partial charge in [0.1, 0.15) is 0 Å². The lowest BCUT2D eigenvalue weighted by atomic mass is 9.81. The first-order chi connectivity index (χ1) is 20.9. The van der Waals surface area contributed by atoms with Crippen LogP contribution < -0.4 is 10.4 Å². The van der Waals surface area contributed by atoms with Crippen LogP contribution in [0.25, 0.3) is 72.9 Å². The number of aryl methyl sites for hydroxylation is 1. The summed E-state index contributed by atoms with van der Waals surface area (Å²) in [7, 11) is 0. The summed E-state index contributed by atoms with van der Waals surface area (Å²) in [6.45, 7) is 11.3. The summed E-state index contributed by atoms with van der Waals surface area (Å²) < 4.78 is 2.49. The third-order valence-corrected chi connectivity index (χ3v) is 10.0. The number of nitrogens with zero attached hydrogens (tertiary/aromatic N) is 1. The molecule has 1 nitrogen and oxygen atoms in total. The average Bonchev–Trinajstić information content (AvgIpc) is 3.58. The SMILES string of the molecule is C=c1cccc/c1=C/c1c(C)c2cc(-c3ccc4c(c3)C(C)(C)c3ccccc3-4)cc3c4cc5ccccc5cc4n1c23. The summed E-state index contributed by atoms with van der Waals surface area (Å²) in [5.74, 6) is 0. The second-order valence-corrected chi connectivity index (χ2v) is 12.8. The highest BCUT2D eigenvalue weighted by atomic mass is 14.9. The molecule has 0 amide bonds. The summed E-state index contributed by atoms with van der Waals surface area (Å²) in [4.78, 5) is 0. The fourth-order valence-corrected chi connectivity index (χ4v) is 7.72. The largest absolute Gasteiger partial charge is 0.308 e. The van der Waals surface area contributed by atoms with Crippen molar-refractivity contribution >= 4 is 50.6 Å². The molecule has 204 valence electrons. The van der Waals surface area contributed by atoms with Gasteiger partial charge in [0.05, 0.1) is 16.7 Å². The van der Waals surface area contributed by atoms with Crippen LogP contribution in [0.3, 0.4) is 0 Å². The molecule has 2 heterocycles. The topological polar surface area (TPSA) is 4.41 Å². The van der Waals surface area contributed by atoms with Crippen LogP contribution in [-0.4, -0.2) is 4.40 Å². The Morgan fingerprint density at radius 3 is 2.16 bits per heavy atom. The van der Waals surface area contributed by atoms with E-state index in [1.54, 1.807) is 0 Å². The van der Waals surface area contributed by atoms with Gasteiger partial charge in [0.25, 0.3) is 0 Å². The fraction of sp³-hybridized carbons (Fsp3) is 0.0952. The van der Waals surface area contributed by atoms with Gasteiger partial charge in [-0.2, -0.15) is 0 Å². The molecule has 0 saturated carbocycles. The smallest absolute Gasteiger partial charge is 0.0617 e. The average molecular weight is 550 g/mol. The van der Waals surface area contributed by atoms with E-state index in [0.717, 1.165) is 10.4 Å². The Morgan fingerprint density at radius 2 is 1.33 bits per heavy atom. The standard InChI is InChI=1S/C42H31N/c1-25-11-5-6-12-27(25)23-39-26(2)34-20-31(30-17-18-33-32-15-9-10-16-37(32)42(3,4)38(33)22-30)21-36-35-19-28-13-7-8-14-29(28)24-40(35)43(39)41(34)36/h5-24H,1H2,2-4H3/b27-23-. The molecule has 0 aliphatic heterocycles. The van der Waals surface area contributed by atoms with Gasteiger partial charge in [-0.3, -0.25) is 0 Å². The van der Waals surface area contributed by atoms with E-state index < -0.39 is 0 Å². The summed E-state index contributed by atoms with van der Waals surface area (Å²) in [6, 6.07) is 42.7. The van der Waals surface area contributed by atoms with Gasteiger partial charge in [0, 0.05) is 21.6 Å². The summed E-state index contributed by atoms with van der Waals surface area (Å²) in [6.07, 6.45) is 2.32. The molecule has 6 aromatic carbocycles. The first-order valence-electron chi connectivity index (χ1n) is 15.1. The molecule has 8 aromatic rings. The Kier molecular flexibility index (Phi) is 4.81. The Bertz CT molecular complexity index is 2560. The predicted molar refractivity (Wildman–Crippen MR) is 184 cm³/mol. The lowest BCUT2D eigenvalue weighted by molar-refractivity contribution is 0.660. The van der Waals surface area contributed by atoms with Gasteiger partial charge in [-0.1, -0.05) is 105 Å². The molecular weight excluding hydrogens is 518 g/mol. The van der Waals surface area contributed by atoms with Gasteiger partial charge >= 0.3 is 0 Å². The van der Waals surface area contributed by atoms with E-state index in [9.17, 15) is 0 Å². The van der Waals surface area contributed by atoms with E-state index >= 15 is 0 Å². The molecule has 0 spiro atoms. The number of fused-ring (bicyclic) bond motifs is 7. The molecule has 9 rings (SSSR count). The summed E-state index contributed by atoms with van der Waals surface area (Å²) in [5, 5.41) is 8.64. The molecule has 0 N–H and O–H groups in total. The molecule has 0 fully saturated rings. The van der Waals surface area contributed by atoms with Crippen molar-refractivity contribution in [1.29, 1.82) is 0 Å². The zero-order valence-electron chi connectivity index (χ0n) is 24.7. The van der Waals surface area contributed by atoms with Crippen molar-refractivity contribution in [3.05, 3.63) is 148 Å². The molecule has 43 heavy (non-hydrogen) atoms. The van der Waals surface area contributed by atoms with Crippen LogP contribution in [0.2, 0.25) is 0 Å². The number of benzene rings is 6. The van der Waals surface area contributed by atoms with Crippen LogP contribution >= 0.6 is 0 Å². The molecule has 1 heteroatoms. The van der Waals surface area contributed by atoms with Crippen molar-refractivity contribution in [1.82, 2.24) is 4.40 Å². The van der Waals surface area contributed by atoms with Crippen molar-refractivity contribution in [3.63, 3.8) is 0 Å². The normalized spacial score (nSPS) is 14.3.